The molecule has 0 bridgehead atoms. The molecule has 2 aromatic carbocycles. The number of carbonyl (C=O) groups is 1. The zero-order valence-corrected chi connectivity index (χ0v) is 17.1. The average Bonchev–Trinajstić information content (AvgIpc) is 2.74. The summed E-state index contributed by atoms with van der Waals surface area (Å²) < 4.78 is 5.49. The average molecular weight is 382 g/mol. The van der Waals surface area contributed by atoms with E-state index in [0.29, 0.717) is 0 Å². The Bertz CT molecular complexity index is 768. The summed E-state index contributed by atoms with van der Waals surface area (Å²) in [6.07, 6.45) is 0.935. The minimum Gasteiger partial charge on any atom is -0.495 e. The van der Waals surface area contributed by atoms with Crippen LogP contribution < -0.4 is 15.0 Å². The molecule has 2 aromatic rings. The van der Waals surface area contributed by atoms with Crippen molar-refractivity contribution in [2.24, 2.45) is 0 Å². The van der Waals surface area contributed by atoms with Crippen molar-refractivity contribution in [3.8, 4) is 5.75 Å². The molecule has 0 aromatic heterocycles. The molecule has 1 fully saturated rings. The van der Waals surface area contributed by atoms with E-state index in [1.54, 1.807) is 7.11 Å². The Morgan fingerprint density at radius 2 is 1.75 bits per heavy atom. The molecular formula is C23H31N3O2. The Hall–Kier alpha value is -2.53. The number of nitrogens with zero attached hydrogens (tertiary/aromatic N) is 2. The minimum atomic E-state index is 0.00585. The maximum Gasteiger partial charge on any atom is 0.251 e. The van der Waals surface area contributed by atoms with Crippen molar-refractivity contribution in [3.63, 3.8) is 0 Å². The molecule has 28 heavy (non-hydrogen) atoms. The Labute approximate surface area is 168 Å². The van der Waals surface area contributed by atoms with Gasteiger partial charge in [-0.2, -0.15) is 0 Å². The highest BCUT2D eigenvalue weighted by Crippen LogP contribution is 2.28. The lowest BCUT2D eigenvalue weighted by Gasteiger charge is -2.36. The van der Waals surface area contributed by atoms with E-state index in [-0.39, 0.29) is 11.9 Å². The van der Waals surface area contributed by atoms with Crippen LogP contribution in [0.5, 0.6) is 5.75 Å². The van der Waals surface area contributed by atoms with E-state index in [9.17, 15) is 4.79 Å². The standard InChI is InChI=1S/C23H31N3O2/c1-4-18(2)24-23(27)20-11-9-19(10-12-20)17-25-13-15-26(16-14-25)21-7-5-6-8-22(21)28-3/h5-12,18H,4,13-17H2,1-3H3,(H,24,27). The molecule has 1 atom stereocenters. The quantitative estimate of drug-likeness (QED) is 0.797. The van der Waals surface area contributed by atoms with E-state index in [1.807, 2.05) is 31.2 Å². The highest BCUT2D eigenvalue weighted by molar-refractivity contribution is 5.94. The fraction of sp³-hybridized carbons (Fsp3) is 0.435. The molecule has 1 aliphatic rings. The number of hydrogen-bond donors (Lipinski definition) is 1. The number of piperazine rings is 1. The number of methoxy groups -OCH3 is 1. The van der Waals surface area contributed by atoms with Crippen molar-refractivity contribution in [1.29, 1.82) is 0 Å². The normalized spacial score (nSPS) is 15.9. The fourth-order valence-corrected chi connectivity index (χ4v) is 3.47. The first-order valence-corrected chi connectivity index (χ1v) is 10.1. The lowest BCUT2D eigenvalue weighted by Crippen LogP contribution is -2.46. The number of para-hydroxylation sites is 2. The molecule has 150 valence electrons. The van der Waals surface area contributed by atoms with Gasteiger partial charge in [-0.1, -0.05) is 31.2 Å². The van der Waals surface area contributed by atoms with Gasteiger partial charge < -0.3 is 15.0 Å². The molecule has 5 nitrogen and oxygen atoms in total. The van der Waals surface area contributed by atoms with Crippen molar-refractivity contribution in [2.75, 3.05) is 38.2 Å². The van der Waals surface area contributed by atoms with E-state index in [4.69, 9.17) is 4.74 Å². The van der Waals surface area contributed by atoms with Crippen LogP contribution in [0.15, 0.2) is 48.5 Å². The van der Waals surface area contributed by atoms with Gasteiger partial charge in [-0.15, -0.1) is 0 Å². The molecule has 0 radical (unpaired) electrons. The fourth-order valence-electron chi connectivity index (χ4n) is 3.47. The van der Waals surface area contributed by atoms with Crippen molar-refractivity contribution in [3.05, 3.63) is 59.7 Å². The van der Waals surface area contributed by atoms with Gasteiger partial charge in [-0.05, 0) is 43.2 Å². The maximum absolute atomic E-state index is 12.2. The van der Waals surface area contributed by atoms with Crippen LogP contribution in [-0.4, -0.2) is 50.1 Å². The lowest BCUT2D eigenvalue weighted by atomic mass is 10.1. The van der Waals surface area contributed by atoms with Gasteiger partial charge in [0.1, 0.15) is 5.75 Å². The molecule has 3 rings (SSSR count). The number of carbonyl (C=O) groups excluding carboxylic acids is 1. The number of rotatable bonds is 7. The summed E-state index contributed by atoms with van der Waals surface area (Å²) in [5.74, 6) is 0.938. The second-order valence-electron chi connectivity index (χ2n) is 7.41. The van der Waals surface area contributed by atoms with E-state index in [2.05, 4.69) is 46.3 Å². The molecular weight excluding hydrogens is 350 g/mol. The summed E-state index contributed by atoms with van der Waals surface area (Å²) in [4.78, 5) is 17.0. The SMILES string of the molecule is CCC(C)NC(=O)c1ccc(CN2CCN(c3ccccc3OC)CC2)cc1. The summed E-state index contributed by atoms with van der Waals surface area (Å²) in [6, 6.07) is 16.4. The molecule has 1 aliphatic heterocycles. The zero-order valence-electron chi connectivity index (χ0n) is 17.1. The van der Waals surface area contributed by atoms with Crippen LogP contribution in [0, 0.1) is 0 Å². The Balaban J connectivity index is 1.53. The van der Waals surface area contributed by atoms with Crippen molar-refractivity contribution >= 4 is 11.6 Å². The predicted molar refractivity (Wildman–Crippen MR) is 114 cm³/mol. The van der Waals surface area contributed by atoms with Gasteiger partial charge in [0.05, 0.1) is 12.8 Å². The smallest absolute Gasteiger partial charge is 0.251 e. The number of ether oxygens (including phenoxy) is 1. The second kappa shape index (κ2) is 9.60. The summed E-state index contributed by atoms with van der Waals surface area (Å²) in [7, 11) is 1.72. The van der Waals surface area contributed by atoms with Gasteiger partial charge in [0.25, 0.3) is 5.91 Å². The number of anilines is 1. The van der Waals surface area contributed by atoms with Crippen LogP contribution in [-0.2, 0) is 6.54 Å². The Morgan fingerprint density at radius 3 is 2.39 bits per heavy atom. The largest absolute Gasteiger partial charge is 0.495 e. The number of amides is 1. The van der Waals surface area contributed by atoms with Gasteiger partial charge in [-0.25, -0.2) is 0 Å². The second-order valence-corrected chi connectivity index (χ2v) is 7.41. The van der Waals surface area contributed by atoms with Gasteiger partial charge in [0, 0.05) is 44.3 Å². The predicted octanol–water partition coefficient (Wildman–Crippen LogP) is 3.55. The zero-order chi connectivity index (χ0) is 19.9. The Kier molecular flexibility index (Phi) is 6.93. The molecule has 1 amide bonds. The van der Waals surface area contributed by atoms with Gasteiger partial charge >= 0.3 is 0 Å². The van der Waals surface area contributed by atoms with Crippen molar-refractivity contribution < 1.29 is 9.53 Å². The molecule has 1 unspecified atom stereocenters. The van der Waals surface area contributed by atoms with Crippen LogP contribution in [0.25, 0.3) is 0 Å². The summed E-state index contributed by atoms with van der Waals surface area (Å²) in [6.45, 7) is 8.99. The van der Waals surface area contributed by atoms with Gasteiger partial charge in [0.2, 0.25) is 0 Å². The first-order chi connectivity index (χ1) is 13.6. The number of benzene rings is 2. The first kappa shape index (κ1) is 20.2. The summed E-state index contributed by atoms with van der Waals surface area (Å²) in [5, 5.41) is 3.01. The third kappa shape index (κ3) is 5.04. The van der Waals surface area contributed by atoms with Gasteiger partial charge in [0.15, 0.2) is 0 Å². The topological polar surface area (TPSA) is 44.8 Å². The molecule has 0 spiro atoms. The monoisotopic (exact) mass is 381 g/mol. The third-order valence-corrected chi connectivity index (χ3v) is 5.41. The maximum atomic E-state index is 12.2. The van der Waals surface area contributed by atoms with E-state index in [0.717, 1.165) is 50.5 Å². The van der Waals surface area contributed by atoms with Crippen LogP contribution in [0.1, 0.15) is 36.2 Å². The summed E-state index contributed by atoms with van der Waals surface area (Å²) in [5.41, 5.74) is 3.14. The lowest BCUT2D eigenvalue weighted by molar-refractivity contribution is 0.0939. The summed E-state index contributed by atoms with van der Waals surface area (Å²) >= 11 is 0. The molecule has 1 heterocycles. The Morgan fingerprint density at radius 1 is 1.07 bits per heavy atom. The van der Waals surface area contributed by atoms with Crippen LogP contribution >= 0.6 is 0 Å². The molecule has 1 N–H and O–H groups in total. The highest BCUT2D eigenvalue weighted by atomic mass is 16.5. The minimum absolute atomic E-state index is 0.00585. The van der Waals surface area contributed by atoms with Crippen LogP contribution in [0.2, 0.25) is 0 Å². The molecule has 0 aliphatic carbocycles. The third-order valence-electron chi connectivity index (χ3n) is 5.41. The van der Waals surface area contributed by atoms with Gasteiger partial charge in [-0.3, -0.25) is 9.69 Å². The van der Waals surface area contributed by atoms with Crippen LogP contribution in [0.3, 0.4) is 0 Å². The van der Waals surface area contributed by atoms with Crippen LogP contribution in [0.4, 0.5) is 5.69 Å². The molecule has 1 saturated heterocycles. The first-order valence-electron chi connectivity index (χ1n) is 10.1. The highest BCUT2D eigenvalue weighted by Gasteiger charge is 2.19. The van der Waals surface area contributed by atoms with E-state index in [1.165, 1.54) is 11.3 Å². The van der Waals surface area contributed by atoms with E-state index < -0.39 is 0 Å². The molecule has 0 saturated carbocycles. The molecule has 5 heteroatoms. The number of hydrogen-bond acceptors (Lipinski definition) is 4. The number of nitrogens with one attached hydrogen (secondary N) is 1. The van der Waals surface area contributed by atoms with Crippen molar-refractivity contribution in [1.82, 2.24) is 10.2 Å². The van der Waals surface area contributed by atoms with E-state index >= 15 is 0 Å². The van der Waals surface area contributed by atoms with Crippen molar-refractivity contribution in [2.45, 2.75) is 32.9 Å².